The van der Waals surface area contributed by atoms with E-state index >= 15 is 0 Å². The Bertz CT molecular complexity index is 1040. The van der Waals surface area contributed by atoms with E-state index in [4.69, 9.17) is 16.3 Å². The maximum Gasteiger partial charge on any atom is 0.292 e. The molecule has 1 aliphatic carbocycles. The average Bonchev–Trinajstić information content (AvgIpc) is 3.06. The number of hydrogen-bond acceptors (Lipinski definition) is 4. The molecule has 0 radical (unpaired) electrons. The van der Waals surface area contributed by atoms with Crippen molar-refractivity contribution in [2.24, 2.45) is 0 Å². The molecule has 0 atom stereocenters. The number of halogens is 1. The molecule has 1 saturated carbocycles. The number of fused-ring (bicyclic) bond motifs is 1. The van der Waals surface area contributed by atoms with E-state index in [0.717, 1.165) is 36.6 Å². The highest BCUT2D eigenvalue weighted by Crippen LogP contribution is 2.25. The van der Waals surface area contributed by atoms with Gasteiger partial charge in [-0.15, -0.1) is 0 Å². The monoisotopic (exact) mass is 411 g/mol. The van der Waals surface area contributed by atoms with Crippen LogP contribution >= 0.6 is 11.6 Å². The van der Waals surface area contributed by atoms with Crippen LogP contribution in [0.1, 0.15) is 41.7 Å². The molecule has 1 aliphatic rings. The summed E-state index contributed by atoms with van der Waals surface area (Å²) in [6.45, 7) is 1.81. The van der Waals surface area contributed by atoms with Gasteiger partial charge in [0.2, 0.25) is 5.88 Å². The molecule has 4 rings (SSSR count). The standard InChI is InChI=1S/C22H22ClN3O3/c1-13-20(17-4-2-3-5-18(17)25-13)21(27)22(28)26-15-7-9-16(10-8-15)29-19-11-6-14(23)12-24-19/h2-6,11-12,15-16,25H,7-10H2,1H3,(H,26,28). The van der Waals surface area contributed by atoms with Crippen molar-refractivity contribution in [2.75, 3.05) is 0 Å². The van der Waals surface area contributed by atoms with E-state index in [0.29, 0.717) is 22.2 Å². The number of hydrogen-bond donors (Lipinski definition) is 2. The Morgan fingerprint density at radius 1 is 1.14 bits per heavy atom. The van der Waals surface area contributed by atoms with E-state index in [1.165, 1.54) is 0 Å². The number of aryl methyl sites for hydroxylation is 1. The third kappa shape index (κ3) is 4.27. The minimum Gasteiger partial charge on any atom is -0.474 e. The number of benzene rings is 1. The molecule has 1 aromatic carbocycles. The fourth-order valence-corrected chi connectivity index (χ4v) is 3.97. The van der Waals surface area contributed by atoms with Crippen molar-refractivity contribution in [3.8, 4) is 5.88 Å². The fraction of sp³-hybridized carbons (Fsp3) is 0.318. The normalized spacial score (nSPS) is 19.1. The number of nitrogens with zero attached hydrogens (tertiary/aromatic N) is 1. The van der Waals surface area contributed by atoms with Crippen LogP contribution < -0.4 is 10.1 Å². The minimum atomic E-state index is -0.554. The highest BCUT2D eigenvalue weighted by Gasteiger charge is 2.28. The highest BCUT2D eigenvalue weighted by molar-refractivity contribution is 6.45. The van der Waals surface area contributed by atoms with Gasteiger partial charge in [0.15, 0.2) is 0 Å². The topological polar surface area (TPSA) is 84.1 Å². The predicted octanol–water partition coefficient (Wildman–Crippen LogP) is 4.21. The smallest absolute Gasteiger partial charge is 0.292 e. The summed E-state index contributed by atoms with van der Waals surface area (Å²) in [4.78, 5) is 32.7. The number of amides is 1. The third-order valence-corrected chi connectivity index (χ3v) is 5.55. The summed E-state index contributed by atoms with van der Waals surface area (Å²) in [5.74, 6) is -0.503. The molecule has 2 N–H and O–H groups in total. The van der Waals surface area contributed by atoms with Crippen LogP contribution in [-0.4, -0.2) is 33.8 Å². The van der Waals surface area contributed by atoms with E-state index in [9.17, 15) is 9.59 Å². The number of rotatable bonds is 5. The molecule has 0 saturated heterocycles. The molecule has 150 valence electrons. The Labute approximate surface area is 173 Å². The first-order valence-electron chi connectivity index (χ1n) is 9.72. The van der Waals surface area contributed by atoms with E-state index in [1.54, 1.807) is 18.3 Å². The number of nitrogens with one attached hydrogen (secondary N) is 2. The van der Waals surface area contributed by atoms with E-state index < -0.39 is 11.7 Å². The Balaban J connectivity index is 1.34. The van der Waals surface area contributed by atoms with Crippen LogP contribution in [-0.2, 0) is 4.79 Å². The van der Waals surface area contributed by atoms with E-state index in [1.807, 2.05) is 31.2 Å². The van der Waals surface area contributed by atoms with Gasteiger partial charge in [-0.1, -0.05) is 29.8 Å². The summed E-state index contributed by atoms with van der Waals surface area (Å²) < 4.78 is 5.88. The zero-order chi connectivity index (χ0) is 20.4. The number of Topliss-reactive ketones (excluding diaryl/α,β-unsaturated/α-hetero) is 1. The first-order valence-corrected chi connectivity index (χ1v) is 10.1. The lowest BCUT2D eigenvalue weighted by Crippen LogP contribution is -2.42. The molecular formula is C22H22ClN3O3. The van der Waals surface area contributed by atoms with Crippen molar-refractivity contribution in [1.29, 1.82) is 0 Å². The quantitative estimate of drug-likeness (QED) is 0.486. The molecule has 0 aliphatic heterocycles. The Morgan fingerprint density at radius 3 is 2.62 bits per heavy atom. The van der Waals surface area contributed by atoms with Crippen LogP contribution in [0, 0.1) is 6.92 Å². The molecule has 3 aromatic rings. The molecule has 0 unspecified atom stereocenters. The van der Waals surface area contributed by atoms with Gasteiger partial charge in [0, 0.05) is 34.9 Å². The number of para-hydroxylation sites is 1. The summed E-state index contributed by atoms with van der Waals surface area (Å²) >= 11 is 5.84. The zero-order valence-electron chi connectivity index (χ0n) is 16.1. The lowest BCUT2D eigenvalue weighted by atomic mass is 9.92. The van der Waals surface area contributed by atoms with Crippen LogP contribution in [0.15, 0.2) is 42.6 Å². The molecule has 0 spiro atoms. The first-order chi connectivity index (χ1) is 14.0. The molecule has 1 amide bonds. The molecular weight excluding hydrogens is 390 g/mol. The maximum atomic E-state index is 12.8. The number of ether oxygens (including phenoxy) is 1. The Kier molecular flexibility index (Phi) is 5.53. The predicted molar refractivity (Wildman–Crippen MR) is 111 cm³/mol. The number of H-pyrrole nitrogens is 1. The average molecular weight is 412 g/mol. The summed E-state index contributed by atoms with van der Waals surface area (Å²) in [5, 5.41) is 4.24. The van der Waals surface area contributed by atoms with Gasteiger partial charge >= 0.3 is 0 Å². The fourth-order valence-electron chi connectivity index (χ4n) is 3.86. The summed E-state index contributed by atoms with van der Waals surface area (Å²) in [6, 6.07) is 11.0. The number of carbonyl (C=O) groups excluding carboxylic acids is 2. The van der Waals surface area contributed by atoms with Crippen molar-refractivity contribution in [3.05, 3.63) is 58.9 Å². The molecule has 0 bridgehead atoms. The van der Waals surface area contributed by atoms with Crippen LogP contribution in [0.3, 0.4) is 0 Å². The second-order valence-electron chi connectivity index (χ2n) is 7.38. The minimum absolute atomic E-state index is 0.0324. The van der Waals surface area contributed by atoms with Gasteiger partial charge in [0.1, 0.15) is 6.10 Å². The molecule has 29 heavy (non-hydrogen) atoms. The largest absolute Gasteiger partial charge is 0.474 e. The van der Waals surface area contributed by atoms with Gasteiger partial charge in [0.05, 0.1) is 10.6 Å². The maximum absolute atomic E-state index is 12.8. The summed E-state index contributed by atoms with van der Waals surface area (Å²) in [7, 11) is 0. The highest BCUT2D eigenvalue weighted by atomic mass is 35.5. The molecule has 1 fully saturated rings. The number of ketones is 1. The van der Waals surface area contributed by atoms with Crippen LogP contribution in [0.5, 0.6) is 5.88 Å². The van der Waals surface area contributed by atoms with Crippen molar-refractivity contribution in [2.45, 2.75) is 44.8 Å². The number of carbonyl (C=O) groups is 2. The molecule has 2 aromatic heterocycles. The molecule has 2 heterocycles. The Hall–Kier alpha value is -2.86. The number of aromatic amines is 1. The van der Waals surface area contributed by atoms with Gasteiger partial charge < -0.3 is 15.0 Å². The second kappa shape index (κ2) is 8.25. The van der Waals surface area contributed by atoms with Crippen LogP contribution in [0.25, 0.3) is 10.9 Å². The summed E-state index contributed by atoms with van der Waals surface area (Å²) in [6.07, 6.45) is 4.68. The lowest BCUT2D eigenvalue weighted by molar-refractivity contribution is -0.118. The van der Waals surface area contributed by atoms with Gasteiger partial charge in [-0.25, -0.2) is 4.98 Å². The molecule has 7 heteroatoms. The van der Waals surface area contributed by atoms with Crippen molar-refractivity contribution in [1.82, 2.24) is 15.3 Å². The Morgan fingerprint density at radius 2 is 1.90 bits per heavy atom. The lowest BCUT2D eigenvalue weighted by Gasteiger charge is -2.29. The van der Waals surface area contributed by atoms with Gasteiger partial charge in [-0.2, -0.15) is 0 Å². The van der Waals surface area contributed by atoms with Crippen molar-refractivity contribution < 1.29 is 14.3 Å². The van der Waals surface area contributed by atoms with Crippen LogP contribution in [0.4, 0.5) is 0 Å². The first kappa shape index (κ1) is 19.5. The van der Waals surface area contributed by atoms with E-state index in [2.05, 4.69) is 15.3 Å². The van der Waals surface area contributed by atoms with Crippen molar-refractivity contribution >= 4 is 34.2 Å². The summed E-state index contributed by atoms with van der Waals surface area (Å²) in [5.41, 5.74) is 2.01. The molecule has 6 nitrogen and oxygen atoms in total. The van der Waals surface area contributed by atoms with Gasteiger partial charge in [0.25, 0.3) is 11.7 Å². The number of aromatic nitrogens is 2. The van der Waals surface area contributed by atoms with Gasteiger partial charge in [-0.3, -0.25) is 9.59 Å². The zero-order valence-corrected chi connectivity index (χ0v) is 16.8. The van der Waals surface area contributed by atoms with Crippen molar-refractivity contribution in [3.63, 3.8) is 0 Å². The van der Waals surface area contributed by atoms with E-state index in [-0.39, 0.29) is 12.1 Å². The third-order valence-electron chi connectivity index (χ3n) is 5.32. The van der Waals surface area contributed by atoms with Crippen LogP contribution in [0.2, 0.25) is 5.02 Å². The number of pyridine rings is 1. The SMILES string of the molecule is Cc1[nH]c2ccccc2c1C(=O)C(=O)NC1CCC(Oc2ccc(Cl)cn2)CC1. The second-order valence-corrected chi connectivity index (χ2v) is 7.82. The van der Waals surface area contributed by atoms with Gasteiger partial charge in [-0.05, 0) is 44.7 Å².